The number of hydrogen-bond donors (Lipinski definition) is 0. The van der Waals surface area contributed by atoms with E-state index in [9.17, 15) is 9.90 Å². The largest absolute Gasteiger partial charge is 0.550 e. The van der Waals surface area contributed by atoms with Gasteiger partial charge in [0.15, 0.2) is 0 Å². The highest BCUT2D eigenvalue weighted by Crippen LogP contribution is 1.96. The van der Waals surface area contributed by atoms with Crippen LogP contribution >= 0.6 is 11.6 Å². The minimum absolute atomic E-state index is 0.0679. The van der Waals surface area contributed by atoms with E-state index in [1.165, 1.54) is 0 Å². The zero-order valence-electron chi connectivity index (χ0n) is 3.98. The Hall–Kier alpha value is -0.240. The lowest BCUT2D eigenvalue weighted by atomic mass is 10.3. The number of hydrogen-bond acceptors (Lipinski definition) is 2. The smallest absolute Gasteiger partial charge is 0.0428 e. The summed E-state index contributed by atoms with van der Waals surface area (Å²) >= 11 is 5.25. The fraction of sp³-hybridized carbons (Fsp3) is 0.750. The van der Waals surface area contributed by atoms with Crippen LogP contribution in [-0.2, 0) is 4.79 Å². The van der Waals surface area contributed by atoms with Gasteiger partial charge in [-0.25, -0.2) is 0 Å². The zero-order chi connectivity index (χ0) is 5.86. The van der Waals surface area contributed by atoms with Crippen LogP contribution in [0.4, 0.5) is 0 Å². The summed E-state index contributed by atoms with van der Waals surface area (Å²) in [6.45, 7) is 1.61. The third-order valence-corrected chi connectivity index (χ3v) is 0.602. The second-order valence-corrected chi connectivity index (χ2v) is 2.10. The molecular weight excluding hydrogens is 115 g/mol. The monoisotopic (exact) mass is 121 g/mol. The van der Waals surface area contributed by atoms with Crippen LogP contribution in [0.1, 0.15) is 13.3 Å². The van der Waals surface area contributed by atoms with Crippen LogP contribution in [-0.4, -0.2) is 11.3 Å². The van der Waals surface area contributed by atoms with Gasteiger partial charge in [-0.3, -0.25) is 0 Å². The van der Waals surface area contributed by atoms with Gasteiger partial charge in [0.05, 0.1) is 0 Å². The molecule has 0 N–H and O–H groups in total. The third-order valence-electron chi connectivity index (χ3n) is 0.448. The van der Waals surface area contributed by atoms with Crippen molar-refractivity contribution in [3.05, 3.63) is 0 Å². The number of carbonyl (C=O) groups is 1. The maximum Gasteiger partial charge on any atom is 0.0428 e. The first-order chi connectivity index (χ1) is 3.13. The Bertz CT molecular complexity index is 70.1. The number of aliphatic carboxylic acids is 1. The standard InChI is InChI=1S/C4H7ClO2/c1-3(5)2-4(6)7/h3H,2H2,1H3,(H,6,7)/p-1/t3-/m0/s1. The molecule has 0 aromatic carbocycles. The van der Waals surface area contributed by atoms with E-state index in [-0.39, 0.29) is 11.8 Å². The summed E-state index contributed by atoms with van der Waals surface area (Å²) in [4.78, 5) is 9.61. The van der Waals surface area contributed by atoms with Gasteiger partial charge in [0.25, 0.3) is 0 Å². The number of alkyl halides is 1. The summed E-state index contributed by atoms with van der Waals surface area (Å²) in [6, 6.07) is 0. The molecule has 0 radical (unpaired) electrons. The molecule has 3 heteroatoms. The summed E-state index contributed by atoms with van der Waals surface area (Å²) in [5, 5.41) is 9.30. The average Bonchev–Trinajstić information content (AvgIpc) is 1.27. The van der Waals surface area contributed by atoms with Crippen molar-refractivity contribution < 1.29 is 9.90 Å². The van der Waals surface area contributed by atoms with E-state index in [2.05, 4.69) is 0 Å². The number of carboxylic acid groups (broad SMARTS) is 1. The molecule has 0 aliphatic carbocycles. The molecule has 42 valence electrons. The molecule has 0 fully saturated rings. The molecule has 0 aromatic rings. The topological polar surface area (TPSA) is 40.1 Å². The summed E-state index contributed by atoms with van der Waals surface area (Å²) in [7, 11) is 0. The molecule has 0 aliphatic heterocycles. The molecule has 0 spiro atoms. The summed E-state index contributed by atoms with van der Waals surface area (Å²) in [6.07, 6.45) is -0.0679. The first-order valence-corrected chi connectivity index (χ1v) is 2.40. The Morgan fingerprint density at radius 3 is 2.43 bits per heavy atom. The Morgan fingerprint density at radius 1 is 2.00 bits per heavy atom. The molecule has 0 bridgehead atoms. The van der Waals surface area contributed by atoms with Crippen LogP contribution in [0.3, 0.4) is 0 Å². The molecule has 0 aromatic heterocycles. The molecule has 0 unspecified atom stereocenters. The van der Waals surface area contributed by atoms with Gasteiger partial charge in [-0.2, -0.15) is 0 Å². The second kappa shape index (κ2) is 2.86. The van der Waals surface area contributed by atoms with E-state index in [0.717, 1.165) is 0 Å². The summed E-state index contributed by atoms with van der Waals surface area (Å²) < 4.78 is 0. The SMILES string of the molecule is C[C@H](Cl)CC(=O)[O-]. The van der Waals surface area contributed by atoms with Gasteiger partial charge in [-0.15, -0.1) is 11.6 Å². The van der Waals surface area contributed by atoms with Crippen LogP contribution in [0, 0.1) is 0 Å². The van der Waals surface area contributed by atoms with E-state index in [0.29, 0.717) is 0 Å². The second-order valence-electron chi connectivity index (χ2n) is 1.36. The highest BCUT2D eigenvalue weighted by molar-refractivity contribution is 6.21. The highest BCUT2D eigenvalue weighted by atomic mass is 35.5. The van der Waals surface area contributed by atoms with Crippen molar-refractivity contribution >= 4 is 17.6 Å². The minimum atomic E-state index is -1.09. The van der Waals surface area contributed by atoms with Crippen LogP contribution in [0.15, 0.2) is 0 Å². The van der Waals surface area contributed by atoms with Crippen LogP contribution in [0.5, 0.6) is 0 Å². The lowest BCUT2D eigenvalue weighted by Crippen LogP contribution is -2.24. The summed E-state index contributed by atoms with van der Waals surface area (Å²) in [5.74, 6) is -1.09. The first kappa shape index (κ1) is 6.76. The molecule has 7 heavy (non-hydrogen) atoms. The van der Waals surface area contributed by atoms with Crippen molar-refractivity contribution in [1.29, 1.82) is 0 Å². The molecule has 0 amide bonds. The van der Waals surface area contributed by atoms with Gasteiger partial charge in [-0.05, 0) is 6.92 Å². The van der Waals surface area contributed by atoms with E-state index in [4.69, 9.17) is 11.6 Å². The van der Waals surface area contributed by atoms with Crippen molar-refractivity contribution in [1.82, 2.24) is 0 Å². The van der Waals surface area contributed by atoms with E-state index < -0.39 is 5.97 Å². The molecule has 0 heterocycles. The van der Waals surface area contributed by atoms with Crippen molar-refractivity contribution in [2.24, 2.45) is 0 Å². The predicted octanol–water partition coefficient (Wildman–Crippen LogP) is -0.246. The molecule has 0 rings (SSSR count). The maximum absolute atomic E-state index is 9.61. The number of rotatable bonds is 2. The van der Waals surface area contributed by atoms with Crippen molar-refractivity contribution in [3.63, 3.8) is 0 Å². The van der Waals surface area contributed by atoms with Gasteiger partial charge in [0.1, 0.15) is 0 Å². The molecule has 2 nitrogen and oxygen atoms in total. The summed E-state index contributed by atoms with van der Waals surface area (Å²) in [5.41, 5.74) is 0. The maximum atomic E-state index is 9.61. The van der Waals surface area contributed by atoms with Crippen LogP contribution in [0.2, 0.25) is 0 Å². The van der Waals surface area contributed by atoms with Crippen molar-refractivity contribution in [2.45, 2.75) is 18.7 Å². The quantitative estimate of drug-likeness (QED) is 0.473. The van der Waals surface area contributed by atoms with Crippen LogP contribution in [0.25, 0.3) is 0 Å². The van der Waals surface area contributed by atoms with Crippen LogP contribution < -0.4 is 5.11 Å². The normalized spacial score (nSPS) is 13.4. The fourth-order valence-corrected chi connectivity index (χ4v) is 0.356. The third kappa shape index (κ3) is 5.76. The molecule has 1 atom stereocenters. The van der Waals surface area contributed by atoms with Crippen molar-refractivity contribution in [2.75, 3.05) is 0 Å². The average molecular weight is 122 g/mol. The number of halogens is 1. The van der Waals surface area contributed by atoms with Crippen molar-refractivity contribution in [3.8, 4) is 0 Å². The van der Waals surface area contributed by atoms with E-state index in [1.807, 2.05) is 0 Å². The Kier molecular flexibility index (Phi) is 2.76. The van der Waals surface area contributed by atoms with Gasteiger partial charge < -0.3 is 9.90 Å². The van der Waals surface area contributed by atoms with E-state index >= 15 is 0 Å². The Morgan fingerprint density at radius 2 is 2.43 bits per heavy atom. The van der Waals surface area contributed by atoms with E-state index in [1.54, 1.807) is 6.92 Å². The fourth-order valence-electron chi connectivity index (χ4n) is 0.230. The predicted molar refractivity (Wildman–Crippen MR) is 24.9 cm³/mol. The molecular formula is C4H6ClO2-. The minimum Gasteiger partial charge on any atom is -0.550 e. The van der Waals surface area contributed by atoms with Gasteiger partial charge in [-0.1, -0.05) is 0 Å². The molecule has 0 aliphatic rings. The number of carboxylic acids is 1. The Labute approximate surface area is 47.1 Å². The lowest BCUT2D eigenvalue weighted by Gasteiger charge is -2.00. The highest BCUT2D eigenvalue weighted by Gasteiger charge is 1.92. The number of carbonyl (C=O) groups excluding carboxylic acids is 1. The van der Waals surface area contributed by atoms with Gasteiger partial charge in [0.2, 0.25) is 0 Å². The van der Waals surface area contributed by atoms with Gasteiger partial charge >= 0.3 is 0 Å². The Balaban J connectivity index is 3.13. The molecule has 0 saturated heterocycles. The van der Waals surface area contributed by atoms with Gasteiger partial charge in [0, 0.05) is 17.8 Å². The zero-order valence-corrected chi connectivity index (χ0v) is 4.73. The first-order valence-electron chi connectivity index (χ1n) is 1.97. The molecule has 0 saturated carbocycles. The lowest BCUT2D eigenvalue weighted by molar-refractivity contribution is -0.305.